The lowest BCUT2D eigenvalue weighted by Crippen LogP contribution is -2.37. The van der Waals surface area contributed by atoms with Gasteiger partial charge in [-0.2, -0.15) is 0 Å². The standard InChI is InChI=1S/C24H32N2O2/c1-20(26-15-17-27-18-16-26)21-4-6-22(7-5-21)23-8-10-24(11-9-23)28-19-14-25-12-2-3-13-25/h4-11,20H,2-3,12-19H2,1H3/t20-/m1/s1. The Morgan fingerprint density at radius 2 is 1.46 bits per heavy atom. The van der Waals surface area contributed by atoms with Crippen molar-refractivity contribution in [2.24, 2.45) is 0 Å². The molecule has 1 atom stereocenters. The van der Waals surface area contributed by atoms with Gasteiger partial charge in [0, 0.05) is 25.7 Å². The van der Waals surface area contributed by atoms with Crippen LogP contribution in [-0.2, 0) is 4.74 Å². The second kappa shape index (κ2) is 9.55. The van der Waals surface area contributed by atoms with E-state index in [1.807, 2.05) is 0 Å². The third kappa shape index (κ3) is 4.93. The van der Waals surface area contributed by atoms with Crippen molar-refractivity contribution in [3.05, 3.63) is 54.1 Å². The van der Waals surface area contributed by atoms with Gasteiger partial charge in [-0.3, -0.25) is 9.80 Å². The molecule has 0 saturated carbocycles. The lowest BCUT2D eigenvalue weighted by Gasteiger charge is -2.32. The number of hydrogen-bond acceptors (Lipinski definition) is 4. The number of rotatable bonds is 7. The molecule has 0 aromatic heterocycles. The number of benzene rings is 2. The lowest BCUT2D eigenvalue weighted by molar-refractivity contribution is 0.0198. The summed E-state index contributed by atoms with van der Waals surface area (Å²) in [6, 6.07) is 17.9. The quantitative estimate of drug-likeness (QED) is 0.718. The van der Waals surface area contributed by atoms with Crippen LogP contribution in [0.4, 0.5) is 0 Å². The molecule has 2 fully saturated rings. The summed E-state index contributed by atoms with van der Waals surface area (Å²) in [4.78, 5) is 4.97. The van der Waals surface area contributed by atoms with E-state index in [-0.39, 0.29) is 0 Å². The summed E-state index contributed by atoms with van der Waals surface area (Å²) < 4.78 is 11.4. The Balaban J connectivity index is 1.32. The average Bonchev–Trinajstić information content (AvgIpc) is 3.28. The molecule has 2 heterocycles. The maximum absolute atomic E-state index is 5.92. The van der Waals surface area contributed by atoms with Crippen molar-refractivity contribution >= 4 is 0 Å². The molecule has 2 aromatic rings. The Morgan fingerprint density at radius 1 is 0.857 bits per heavy atom. The minimum atomic E-state index is 0.435. The minimum absolute atomic E-state index is 0.435. The summed E-state index contributed by atoms with van der Waals surface area (Å²) in [5.41, 5.74) is 3.85. The first-order chi connectivity index (χ1) is 13.8. The molecule has 2 saturated heterocycles. The van der Waals surface area contributed by atoms with Crippen LogP contribution in [0, 0.1) is 0 Å². The lowest BCUT2D eigenvalue weighted by atomic mass is 10.0. The van der Waals surface area contributed by atoms with Gasteiger partial charge in [0.25, 0.3) is 0 Å². The largest absolute Gasteiger partial charge is 0.492 e. The summed E-state index contributed by atoms with van der Waals surface area (Å²) in [6.07, 6.45) is 2.66. The first-order valence-electron chi connectivity index (χ1n) is 10.7. The number of morpholine rings is 1. The van der Waals surface area contributed by atoms with Crippen molar-refractivity contribution in [3.8, 4) is 16.9 Å². The molecular formula is C24H32N2O2. The first kappa shape index (κ1) is 19.4. The van der Waals surface area contributed by atoms with Crippen molar-refractivity contribution in [1.82, 2.24) is 9.80 Å². The zero-order chi connectivity index (χ0) is 19.2. The molecule has 0 bridgehead atoms. The molecule has 2 aromatic carbocycles. The summed E-state index contributed by atoms with van der Waals surface area (Å²) in [7, 11) is 0. The van der Waals surface area contributed by atoms with Crippen LogP contribution in [0.5, 0.6) is 5.75 Å². The van der Waals surface area contributed by atoms with Gasteiger partial charge in [0.15, 0.2) is 0 Å². The molecule has 28 heavy (non-hydrogen) atoms. The fraction of sp³-hybridized carbons (Fsp3) is 0.500. The Morgan fingerprint density at radius 3 is 2.11 bits per heavy atom. The van der Waals surface area contributed by atoms with E-state index < -0.39 is 0 Å². The van der Waals surface area contributed by atoms with Crippen LogP contribution >= 0.6 is 0 Å². The highest BCUT2D eigenvalue weighted by atomic mass is 16.5. The van der Waals surface area contributed by atoms with E-state index in [4.69, 9.17) is 9.47 Å². The fourth-order valence-corrected chi connectivity index (χ4v) is 4.17. The zero-order valence-electron chi connectivity index (χ0n) is 17.0. The van der Waals surface area contributed by atoms with E-state index in [2.05, 4.69) is 65.3 Å². The predicted octanol–water partition coefficient (Wildman–Crippen LogP) is 4.22. The SMILES string of the molecule is C[C@H](c1ccc(-c2ccc(OCCN3CCCC3)cc2)cc1)N1CCOCC1. The zero-order valence-corrected chi connectivity index (χ0v) is 17.0. The third-order valence-corrected chi connectivity index (χ3v) is 6.05. The first-order valence-corrected chi connectivity index (χ1v) is 10.7. The molecule has 0 N–H and O–H groups in total. The van der Waals surface area contributed by atoms with E-state index in [1.54, 1.807) is 0 Å². The van der Waals surface area contributed by atoms with Gasteiger partial charge in [-0.25, -0.2) is 0 Å². The number of ether oxygens (including phenoxy) is 2. The van der Waals surface area contributed by atoms with Crippen LogP contribution in [0.2, 0.25) is 0 Å². The summed E-state index contributed by atoms with van der Waals surface area (Å²) in [6.45, 7) is 10.3. The predicted molar refractivity (Wildman–Crippen MR) is 114 cm³/mol. The maximum Gasteiger partial charge on any atom is 0.119 e. The minimum Gasteiger partial charge on any atom is -0.492 e. The molecular weight excluding hydrogens is 348 g/mol. The van der Waals surface area contributed by atoms with Gasteiger partial charge < -0.3 is 9.47 Å². The topological polar surface area (TPSA) is 24.9 Å². The Kier molecular flexibility index (Phi) is 6.63. The highest BCUT2D eigenvalue weighted by molar-refractivity contribution is 5.64. The van der Waals surface area contributed by atoms with Gasteiger partial charge >= 0.3 is 0 Å². The van der Waals surface area contributed by atoms with Crippen molar-refractivity contribution in [1.29, 1.82) is 0 Å². The molecule has 2 aliphatic heterocycles. The molecule has 150 valence electrons. The van der Waals surface area contributed by atoms with Gasteiger partial charge in [0.2, 0.25) is 0 Å². The molecule has 4 rings (SSSR count). The van der Waals surface area contributed by atoms with E-state index in [1.165, 1.54) is 42.6 Å². The van der Waals surface area contributed by atoms with Crippen LogP contribution < -0.4 is 4.74 Å². The average molecular weight is 381 g/mol. The van der Waals surface area contributed by atoms with Crippen LogP contribution in [-0.4, -0.2) is 62.3 Å². The Hall–Kier alpha value is -1.88. The van der Waals surface area contributed by atoms with Gasteiger partial charge in [-0.15, -0.1) is 0 Å². The molecule has 0 radical (unpaired) electrons. The highest BCUT2D eigenvalue weighted by Crippen LogP contribution is 2.26. The third-order valence-electron chi connectivity index (χ3n) is 6.05. The van der Waals surface area contributed by atoms with Gasteiger partial charge in [0.05, 0.1) is 13.2 Å². The maximum atomic E-state index is 5.92. The summed E-state index contributed by atoms with van der Waals surface area (Å²) >= 11 is 0. The van der Waals surface area contributed by atoms with Crippen molar-refractivity contribution in [2.45, 2.75) is 25.8 Å². The second-order valence-corrected chi connectivity index (χ2v) is 7.87. The van der Waals surface area contributed by atoms with Crippen molar-refractivity contribution in [3.63, 3.8) is 0 Å². The van der Waals surface area contributed by atoms with Crippen molar-refractivity contribution < 1.29 is 9.47 Å². The summed E-state index contributed by atoms with van der Waals surface area (Å²) in [5.74, 6) is 0.959. The second-order valence-electron chi connectivity index (χ2n) is 7.87. The van der Waals surface area contributed by atoms with E-state index in [0.717, 1.165) is 45.2 Å². The van der Waals surface area contributed by atoms with Gasteiger partial charge in [-0.1, -0.05) is 36.4 Å². The van der Waals surface area contributed by atoms with Crippen molar-refractivity contribution in [2.75, 3.05) is 52.5 Å². The van der Waals surface area contributed by atoms with E-state index in [0.29, 0.717) is 6.04 Å². The molecule has 0 spiro atoms. The number of hydrogen-bond donors (Lipinski definition) is 0. The van der Waals surface area contributed by atoms with Crippen LogP contribution in [0.1, 0.15) is 31.4 Å². The number of nitrogens with zero attached hydrogens (tertiary/aromatic N) is 2. The van der Waals surface area contributed by atoms with E-state index in [9.17, 15) is 0 Å². The van der Waals surface area contributed by atoms with Gasteiger partial charge in [0.1, 0.15) is 12.4 Å². The van der Waals surface area contributed by atoms with Crippen LogP contribution in [0.3, 0.4) is 0 Å². The monoisotopic (exact) mass is 380 g/mol. The van der Waals surface area contributed by atoms with E-state index >= 15 is 0 Å². The molecule has 4 nitrogen and oxygen atoms in total. The molecule has 4 heteroatoms. The summed E-state index contributed by atoms with van der Waals surface area (Å²) in [5, 5.41) is 0. The fourth-order valence-electron chi connectivity index (χ4n) is 4.17. The normalized spacial score (nSPS) is 19.6. The Labute approximate surface area is 169 Å². The highest BCUT2D eigenvalue weighted by Gasteiger charge is 2.18. The molecule has 0 amide bonds. The van der Waals surface area contributed by atoms with Crippen LogP contribution in [0.15, 0.2) is 48.5 Å². The van der Waals surface area contributed by atoms with Gasteiger partial charge in [-0.05, 0) is 61.7 Å². The molecule has 0 unspecified atom stereocenters. The van der Waals surface area contributed by atoms with Crippen LogP contribution in [0.25, 0.3) is 11.1 Å². The molecule has 0 aliphatic carbocycles. The smallest absolute Gasteiger partial charge is 0.119 e. The Bertz CT molecular complexity index is 717. The number of likely N-dealkylation sites (tertiary alicyclic amines) is 1. The molecule has 2 aliphatic rings.